The van der Waals surface area contributed by atoms with Crippen LogP contribution in [0.2, 0.25) is 0 Å². The number of rotatable bonds is 7. The van der Waals surface area contributed by atoms with Gasteiger partial charge >= 0.3 is 0 Å². The summed E-state index contributed by atoms with van der Waals surface area (Å²) < 4.78 is 32.1. The summed E-state index contributed by atoms with van der Waals surface area (Å²) in [5.41, 5.74) is 0.616. The van der Waals surface area contributed by atoms with Gasteiger partial charge < -0.3 is 15.1 Å². The minimum absolute atomic E-state index is 0. The van der Waals surface area contributed by atoms with Crippen molar-refractivity contribution in [2.24, 2.45) is 0 Å². The SMILES string of the molecule is CC(=O)NCCNS(=O)(=O)c1ccc(-c2sc(NC(C)=O)nc2C)o1.[HH].[HH].[HH]. The van der Waals surface area contributed by atoms with E-state index in [4.69, 9.17) is 4.42 Å². The predicted molar refractivity (Wildman–Crippen MR) is 99.1 cm³/mol. The van der Waals surface area contributed by atoms with Gasteiger partial charge in [0, 0.05) is 31.2 Å². The molecular weight excluding hydrogens is 368 g/mol. The van der Waals surface area contributed by atoms with Crippen molar-refractivity contribution < 1.29 is 26.7 Å². The summed E-state index contributed by atoms with van der Waals surface area (Å²) in [6.07, 6.45) is 0. The molecule has 0 aliphatic carbocycles. The Bertz CT molecular complexity index is 899. The second-order valence-corrected chi connectivity index (χ2v) is 7.81. The summed E-state index contributed by atoms with van der Waals surface area (Å²) >= 11 is 1.19. The van der Waals surface area contributed by atoms with E-state index in [0.29, 0.717) is 21.5 Å². The highest BCUT2D eigenvalue weighted by atomic mass is 32.2. The first kappa shape index (κ1) is 19.1. The van der Waals surface area contributed by atoms with Crippen molar-refractivity contribution in [1.29, 1.82) is 0 Å². The third-order valence-corrected chi connectivity index (χ3v) is 5.36. The smallest absolute Gasteiger partial charge is 0.274 e. The molecule has 0 atom stereocenters. The van der Waals surface area contributed by atoms with Gasteiger partial charge in [0.05, 0.1) is 10.6 Å². The summed E-state index contributed by atoms with van der Waals surface area (Å²) in [5, 5.41) is 5.24. The van der Waals surface area contributed by atoms with Crippen LogP contribution in [0.15, 0.2) is 21.6 Å². The first-order valence-electron chi connectivity index (χ1n) is 7.28. The van der Waals surface area contributed by atoms with Crippen LogP contribution in [0.3, 0.4) is 0 Å². The van der Waals surface area contributed by atoms with Gasteiger partial charge in [0.2, 0.25) is 16.9 Å². The first-order chi connectivity index (χ1) is 11.7. The number of aryl methyl sites for hydroxylation is 1. The minimum atomic E-state index is -3.82. The van der Waals surface area contributed by atoms with Gasteiger partial charge in [-0.1, -0.05) is 11.3 Å². The van der Waals surface area contributed by atoms with E-state index < -0.39 is 10.0 Å². The van der Waals surface area contributed by atoms with Crippen LogP contribution in [0.5, 0.6) is 0 Å². The molecule has 2 rings (SSSR count). The number of anilines is 1. The standard InChI is InChI=1S/C14H18N4O5S2.3H2/c1-8-13(24-14(17-8)18-10(3)20)11-4-5-12(23-11)25(21,22)16-7-6-15-9(2)19;;;/h4-5,16H,6-7H2,1-3H3,(H,15,19)(H,17,18,20);3*1H. The molecular formula is C14H24N4O5S2. The molecule has 0 aliphatic heterocycles. The lowest BCUT2D eigenvalue weighted by Crippen LogP contribution is -2.33. The molecule has 0 aromatic carbocycles. The number of sulfonamides is 1. The number of amides is 2. The van der Waals surface area contributed by atoms with E-state index >= 15 is 0 Å². The number of aromatic nitrogens is 1. The Balaban J connectivity index is 0. The van der Waals surface area contributed by atoms with Crippen LogP contribution < -0.4 is 15.4 Å². The molecule has 2 amide bonds. The Labute approximate surface area is 153 Å². The molecule has 142 valence electrons. The quantitative estimate of drug-likeness (QED) is 0.616. The summed E-state index contributed by atoms with van der Waals surface area (Å²) in [5.74, 6) is -0.143. The average molecular weight is 393 g/mol. The molecule has 0 bridgehead atoms. The minimum Gasteiger partial charge on any atom is -0.442 e. The van der Waals surface area contributed by atoms with Gasteiger partial charge in [-0.25, -0.2) is 18.1 Å². The van der Waals surface area contributed by atoms with Crippen LogP contribution in [-0.4, -0.2) is 38.3 Å². The highest BCUT2D eigenvalue weighted by Crippen LogP contribution is 2.34. The summed E-state index contributed by atoms with van der Waals surface area (Å²) in [4.78, 5) is 26.7. The van der Waals surface area contributed by atoms with E-state index in [0.717, 1.165) is 0 Å². The molecule has 9 nitrogen and oxygen atoms in total. The molecule has 2 heterocycles. The molecule has 0 saturated carbocycles. The van der Waals surface area contributed by atoms with Crippen LogP contribution >= 0.6 is 11.3 Å². The average Bonchev–Trinajstić information content (AvgIpc) is 3.10. The van der Waals surface area contributed by atoms with E-state index in [1.807, 2.05) is 0 Å². The van der Waals surface area contributed by atoms with E-state index in [1.165, 1.54) is 37.3 Å². The maximum Gasteiger partial charge on any atom is 0.274 e. The van der Waals surface area contributed by atoms with E-state index in [-0.39, 0.29) is 34.3 Å². The Morgan fingerprint density at radius 1 is 1.24 bits per heavy atom. The Kier molecular flexibility index (Phi) is 5.93. The number of hydrogen-bond acceptors (Lipinski definition) is 7. The zero-order valence-corrected chi connectivity index (χ0v) is 15.5. The Hall–Kier alpha value is -2.24. The molecule has 0 spiro atoms. The molecule has 0 fully saturated rings. The number of nitrogens with zero attached hydrogens (tertiary/aromatic N) is 1. The van der Waals surface area contributed by atoms with E-state index in [9.17, 15) is 18.0 Å². The number of furan rings is 1. The van der Waals surface area contributed by atoms with Crippen molar-refractivity contribution in [3.05, 3.63) is 17.8 Å². The molecule has 3 N–H and O–H groups in total. The lowest BCUT2D eigenvalue weighted by Gasteiger charge is -2.04. The Morgan fingerprint density at radius 2 is 1.96 bits per heavy atom. The highest BCUT2D eigenvalue weighted by Gasteiger charge is 2.21. The zero-order valence-electron chi connectivity index (χ0n) is 13.9. The first-order valence-corrected chi connectivity index (χ1v) is 9.58. The Morgan fingerprint density at radius 3 is 2.60 bits per heavy atom. The zero-order chi connectivity index (χ0) is 18.6. The molecule has 0 saturated heterocycles. The number of hydrogen-bond donors (Lipinski definition) is 3. The largest absolute Gasteiger partial charge is 0.442 e. The van der Waals surface area contributed by atoms with Crippen LogP contribution in [0.4, 0.5) is 5.13 Å². The molecule has 2 aromatic rings. The van der Waals surface area contributed by atoms with Gasteiger partial charge in [-0.15, -0.1) is 0 Å². The van der Waals surface area contributed by atoms with Crippen molar-refractivity contribution in [2.45, 2.75) is 25.9 Å². The lowest BCUT2D eigenvalue weighted by molar-refractivity contribution is -0.119. The fraction of sp³-hybridized carbons (Fsp3) is 0.357. The van der Waals surface area contributed by atoms with Crippen LogP contribution in [-0.2, 0) is 19.6 Å². The van der Waals surface area contributed by atoms with Crippen molar-refractivity contribution >= 4 is 38.3 Å². The summed E-state index contributed by atoms with van der Waals surface area (Å²) in [7, 11) is -3.82. The lowest BCUT2D eigenvalue weighted by atomic mass is 10.3. The van der Waals surface area contributed by atoms with Crippen molar-refractivity contribution in [1.82, 2.24) is 15.0 Å². The number of carbonyl (C=O) groups excluding carboxylic acids is 2. The fourth-order valence-electron chi connectivity index (χ4n) is 1.91. The normalized spacial score (nSPS) is 11.3. The highest BCUT2D eigenvalue weighted by molar-refractivity contribution is 7.89. The van der Waals surface area contributed by atoms with Crippen LogP contribution in [0.1, 0.15) is 23.8 Å². The third kappa shape index (κ3) is 5.11. The van der Waals surface area contributed by atoms with Gasteiger partial charge in [-0.2, -0.15) is 0 Å². The third-order valence-electron chi connectivity index (χ3n) is 2.94. The molecule has 11 heteroatoms. The molecule has 2 aromatic heterocycles. The summed E-state index contributed by atoms with van der Waals surface area (Å²) in [6.45, 7) is 4.68. The van der Waals surface area contributed by atoms with Gasteiger partial charge in [-0.3, -0.25) is 9.59 Å². The van der Waals surface area contributed by atoms with Crippen molar-refractivity contribution in [3.63, 3.8) is 0 Å². The molecule has 0 radical (unpaired) electrons. The van der Waals surface area contributed by atoms with Crippen molar-refractivity contribution in [2.75, 3.05) is 18.4 Å². The van der Waals surface area contributed by atoms with Crippen molar-refractivity contribution in [3.8, 4) is 10.6 Å². The van der Waals surface area contributed by atoms with Gasteiger partial charge in [0.15, 0.2) is 5.13 Å². The van der Waals surface area contributed by atoms with Gasteiger partial charge in [-0.05, 0) is 19.1 Å². The number of thiazole rings is 1. The molecule has 0 aliphatic rings. The van der Waals surface area contributed by atoms with E-state index in [1.54, 1.807) is 6.92 Å². The topological polar surface area (TPSA) is 130 Å². The predicted octanol–water partition coefficient (Wildman–Crippen LogP) is 1.82. The number of carbonyl (C=O) groups is 2. The van der Waals surface area contributed by atoms with Crippen LogP contribution in [0.25, 0.3) is 10.6 Å². The molecule has 0 unspecified atom stereocenters. The van der Waals surface area contributed by atoms with E-state index in [2.05, 4.69) is 20.3 Å². The molecule has 25 heavy (non-hydrogen) atoms. The maximum atomic E-state index is 12.2. The monoisotopic (exact) mass is 392 g/mol. The summed E-state index contributed by atoms with van der Waals surface area (Å²) in [6, 6.07) is 2.87. The second kappa shape index (κ2) is 7.76. The maximum absolute atomic E-state index is 12.2. The fourth-order valence-corrected chi connectivity index (χ4v) is 3.84. The van der Waals surface area contributed by atoms with Gasteiger partial charge in [0.25, 0.3) is 10.0 Å². The second-order valence-electron chi connectivity index (χ2n) is 5.11. The number of nitrogens with one attached hydrogen (secondary N) is 3. The van der Waals surface area contributed by atoms with Crippen LogP contribution in [0, 0.1) is 6.92 Å². The van der Waals surface area contributed by atoms with Gasteiger partial charge in [0.1, 0.15) is 5.76 Å².